The predicted molar refractivity (Wildman–Crippen MR) is 95.3 cm³/mol. The molecule has 0 aromatic carbocycles. The molecule has 1 aliphatic heterocycles. The van der Waals surface area contributed by atoms with E-state index in [1.54, 1.807) is 13.0 Å². The molecule has 1 aromatic heterocycles. The second-order valence-corrected chi connectivity index (χ2v) is 4.32. The predicted octanol–water partition coefficient (Wildman–Crippen LogP) is 3.69. The van der Waals surface area contributed by atoms with Crippen LogP contribution in [0.15, 0.2) is 12.3 Å². The molecule has 0 spiro atoms. The molecule has 23 heavy (non-hydrogen) atoms. The molecule has 1 atom stereocenters. The molecule has 0 amide bonds. The van der Waals surface area contributed by atoms with Gasteiger partial charge in [-0.1, -0.05) is 27.7 Å². The van der Waals surface area contributed by atoms with Crippen LogP contribution in [0.2, 0.25) is 0 Å². The van der Waals surface area contributed by atoms with Gasteiger partial charge in [-0.2, -0.15) is 0 Å². The molecular formula is C16H31F2N5. The highest BCUT2D eigenvalue weighted by molar-refractivity contribution is 6.04. The van der Waals surface area contributed by atoms with Crippen LogP contribution < -0.4 is 16.8 Å². The topological polar surface area (TPSA) is 101 Å². The lowest BCUT2D eigenvalue weighted by Crippen LogP contribution is -2.28. The Morgan fingerprint density at radius 3 is 2.13 bits per heavy atom. The summed E-state index contributed by atoms with van der Waals surface area (Å²) >= 11 is 0. The van der Waals surface area contributed by atoms with Gasteiger partial charge in [0.15, 0.2) is 0 Å². The lowest BCUT2D eigenvalue weighted by Gasteiger charge is -2.05. The van der Waals surface area contributed by atoms with Crippen LogP contribution >= 0.6 is 0 Å². The van der Waals surface area contributed by atoms with Crippen molar-refractivity contribution >= 4 is 17.2 Å². The van der Waals surface area contributed by atoms with E-state index >= 15 is 0 Å². The van der Waals surface area contributed by atoms with Crippen molar-refractivity contribution in [3.63, 3.8) is 0 Å². The molecule has 1 aliphatic rings. The van der Waals surface area contributed by atoms with Crippen LogP contribution in [0.5, 0.6) is 0 Å². The number of anilines is 2. The van der Waals surface area contributed by atoms with Gasteiger partial charge in [0.2, 0.25) is 0 Å². The van der Waals surface area contributed by atoms with Crippen molar-refractivity contribution in [1.82, 2.24) is 10.3 Å². The van der Waals surface area contributed by atoms with Crippen molar-refractivity contribution in [2.45, 2.75) is 59.9 Å². The lowest BCUT2D eigenvalue weighted by atomic mass is 10.1. The third-order valence-corrected chi connectivity index (χ3v) is 2.79. The van der Waals surface area contributed by atoms with E-state index in [0.29, 0.717) is 29.2 Å². The van der Waals surface area contributed by atoms with E-state index in [4.69, 9.17) is 16.9 Å². The number of rotatable bonds is 2. The van der Waals surface area contributed by atoms with Crippen LogP contribution in [-0.2, 0) is 0 Å². The molecule has 0 bridgehead atoms. The Labute approximate surface area is 138 Å². The zero-order chi connectivity index (χ0) is 18.4. The van der Waals surface area contributed by atoms with Gasteiger partial charge in [-0.25, -0.2) is 13.8 Å². The van der Waals surface area contributed by atoms with Crippen molar-refractivity contribution in [3.8, 4) is 0 Å². The molecule has 1 fully saturated rings. The number of halogens is 2. The molecule has 6 N–H and O–H groups in total. The number of alkyl halides is 2. The van der Waals surface area contributed by atoms with Gasteiger partial charge in [-0.3, -0.25) is 0 Å². The molecule has 1 aromatic rings. The second-order valence-electron chi connectivity index (χ2n) is 4.32. The first kappa shape index (κ1) is 23.5. The third-order valence-electron chi connectivity index (χ3n) is 2.79. The maximum absolute atomic E-state index is 11.7. The first-order valence-electron chi connectivity index (χ1n) is 8.00. The van der Waals surface area contributed by atoms with Crippen LogP contribution in [0.3, 0.4) is 0 Å². The summed E-state index contributed by atoms with van der Waals surface area (Å²) in [5.74, 6) is 0.317. The van der Waals surface area contributed by atoms with E-state index < -0.39 is 12.5 Å². The van der Waals surface area contributed by atoms with Crippen LogP contribution in [-0.4, -0.2) is 29.7 Å². The molecule has 0 radical (unpaired) electrons. The molecule has 2 rings (SSSR count). The molecule has 2 heterocycles. The van der Waals surface area contributed by atoms with E-state index in [-0.39, 0.29) is 0 Å². The Balaban J connectivity index is 0. The number of hydrogen-bond donors (Lipinski definition) is 4. The monoisotopic (exact) mass is 331 g/mol. The molecule has 7 heteroatoms. The number of aromatic nitrogens is 1. The molecule has 5 nitrogen and oxygen atoms in total. The number of nitrogens with one attached hydrogen (secondary N) is 2. The Hall–Kier alpha value is -1.76. The van der Waals surface area contributed by atoms with Crippen molar-refractivity contribution in [2.24, 2.45) is 0 Å². The summed E-state index contributed by atoms with van der Waals surface area (Å²) in [7, 11) is 0. The fourth-order valence-electron chi connectivity index (χ4n) is 1.83. The van der Waals surface area contributed by atoms with E-state index in [1.165, 1.54) is 6.20 Å². The highest BCUT2D eigenvalue weighted by Gasteiger charge is 2.22. The highest BCUT2D eigenvalue weighted by atomic mass is 19.3. The minimum atomic E-state index is -2.17. The summed E-state index contributed by atoms with van der Waals surface area (Å²) in [6, 6.07) is 1.11. The average molecular weight is 331 g/mol. The first-order valence-corrected chi connectivity index (χ1v) is 8.00. The van der Waals surface area contributed by atoms with Gasteiger partial charge in [-0.15, -0.1) is 0 Å². The SMILES string of the molecule is CC.CC.CC(=N)c1c(N)ccnc1N.FC(F)C1CCCN1. The van der Waals surface area contributed by atoms with Crippen molar-refractivity contribution in [1.29, 1.82) is 5.41 Å². The number of nitrogen functional groups attached to an aromatic ring is 2. The number of hydrogen-bond acceptors (Lipinski definition) is 5. The standard InChI is InChI=1S/C7H10N4.C5H9F2N.2C2H6/c1-4(8)6-5(9)2-3-11-7(6)10;6-5(7)4-2-1-3-8-4;2*1-2/h2-3,8H,1H3,(H4,9,10,11);4-5,8H,1-3H2;2*1-2H3. The molecular weight excluding hydrogens is 300 g/mol. The van der Waals surface area contributed by atoms with Gasteiger partial charge in [0.25, 0.3) is 6.43 Å². The minimum Gasteiger partial charge on any atom is -0.398 e. The third kappa shape index (κ3) is 9.07. The van der Waals surface area contributed by atoms with E-state index in [2.05, 4.69) is 10.3 Å². The number of nitrogens with zero attached hydrogens (tertiary/aromatic N) is 1. The smallest absolute Gasteiger partial charge is 0.253 e. The highest BCUT2D eigenvalue weighted by Crippen LogP contribution is 2.16. The van der Waals surface area contributed by atoms with E-state index in [9.17, 15) is 8.78 Å². The molecule has 0 saturated carbocycles. The normalized spacial score (nSPS) is 15.4. The van der Waals surface area contributed by atoms with E-state index in [0.717, 1.165) is 13.0 Å². The van der Waals surface area contributed by atoms with Crippen molar-refractivity contribution in [3.05, 3.63) is 17.8 Å². The first-order chi connectivity index (χ1) is 10.9. The number of pyridine rings is 1. The maximum atomic E-state index is 11.7. The van der Waals surface area contributed by atoms with Gasteiger partial charge in [-0.05, 0) is 32.4 Å². The quantitative estimate of drug-likeness (QED) is 0.621. The summed E-state index contributed by atoms with van der Waals surface area (Å²) in [4.78, 5) is 3.82. The summed E-state index contributed by atoms with van der Waals surface area (Å²) in [6.45, 7) is 10.4. The molecule has 0 aliphatic carbocycles. The second kappa shape index (κ2) is 13.9. The Morgan fingerprint density at radius 2 is 1.87 bits per heavy atom. The van der Waals surface area contributed by atoms with Crippen LogP contribution in [0, 0.1) is 5.41 Å². The minimum absolute atomic E-state index is 0.317. The Bertz CT molecular complexity index is 412. The van der Waals surface area contributed by atoms with Crippen LogP contribution in [0.4, 0.5) is 20.3 Å². The van der Waals surface area contributed by atoms with Gasteiger partial charge in [0.1, 0.15) is 5.82 Å². The fraction of sp³-hybridized carbons (Fsp3) is 0.625. The van der Waals surface area contributed by atoms with Gasteiger partial charge < -0.3 is 22.2 Å². The fourth-order valence-corrected chi connectivity index (χ4v) is 1.83. The largest absolute Gasteiger partial charge is 0.398 e. The summed E-state index contributed by atoms with van der Waals surface area (Å²) in [5, 5.41) is 10.0. The molecule has 1 saturated heterocycles. The van der Waals surface area contributed by atoms with Gasteiger partial charge in [0.05, 0.1) is 11.6 Å². The summed E-state index contributed by atoms with van der Waals surface area (Å²) in [6.07, 6.45) is 0.890. The summed E-state index contributed by atoms with van der Waals surface area (Å²) < 4.78 is 23.4. The number of nitrogens with two attached hydrogens (primary N) is 2. The molecule has 134 valence electrons. The average Bonchev–Trinajstić information content (AvgIpc) is 3.06. The van der Waals surface area contributed by atoms with Crippen LogP contribution in [0.25, 0.3) is 0 Å². The lowest BCUT2D eigenvalue weighted by molar-refractivity contribution is 0.107. The molecule has 1 unspecified atom stereocenters. The van der Waals surface area contributed by atoms with Gasteiger partial charge >= 0.3 is 0 Å². The zero-order valence-corrected chi connectivity index (χ0v) is 14.8. The van der Waals surface area contributed by atoms with E-state index in [1.807, 2.05) is 27.7 Å². The van der Waals surface area contributed by atoms with Crippen molar-refractivity contribution < 1.29 is 8.78 Å². The zero-order valence-electron chi connectivity index (χ0n) is 14.8. The maximum Gasteiger partial charge on any atom is 0.253 e. The van der Waals surface area contributed by atoms with Crippen LogP contribution in [0.1, 0.15) is 53.0 Å². The van der Waals surface area contributed by atoms with Crippen molar-refractivity contribution in [2.75, 3.05) is 18.0 Å². The Kier molecular flexibility index (Phi) is 14.2. The van der Waals surface area contributed by atoms with Gasteiger partial charge in [0, 0.05) is 17.6 Å². The summed E-state index contributed by atoms with van der Waals surface area (Å²) in [5.41, 5.74) is 12.4. The Morgan fingerprint density at radius 1 is 1.30 bits per heavy atom.